The Bertz CT molecular complexity index is 705. The molecular formula is C21H26N2O2. The first-order valence-corrected chi connectivity index (χ1v) is 9.49. The minimum atomic E-state index is -0.223. The lowest BCUT2D eigenvalue weighted by Crippen LogP contribution is -2.29. The molecule has 1 heterocycles. The van der Waals surface area contributed by atoms with Gasteiger partial charge in [0, 0.05) is 18.9 Å². The number of imidazole rings is 1. The number of benzene rings is 1. The van der Waals surface area contributed by atoms with Crippen molar-refractivity contribution in [3.8, 4) is 0 Å². The number of nitrogens with zero attached hydrogens (tertiary/aromatic N) is 2. The molecule has 2 aromatic rings. The van der Waals surface area contributed by atoms with Crippen molar-refractivity contribution in [2.75, 3.05) is 6.61 Å². The molecule has 0 bridgehead atoms. The molecule has 132 valence electrons. The van der Waals surface area contributed by atoms with Crippen LogP contribution in [0, 0.1) is 17.8 Å². The normalized spacial score (nSPS) is 18.3. The Balaban J connectivity index is 1.65. The Morgan fingerprint density at radius 3 is 2.48 bits per heavy atom. The van der Waals surface area contributed by atoms with Crippen LogP contribution in [0.5, 0.6) is 0 Å². The SMILES string of the molecule is CCOC(=O)C(c1nccn1Cc1ccccc1)C(C1CC1)C1CC1. The zero-order chi connectivity index (χ0) is 17.2. The number of carbonyl (C=O) groups is 1. The molecule has 4 heteroatoms. The van der Waals surface area contributed by atoms with E-state index in [1.807, 2.05) is 37.5 Å². The Morgan fingerprint density at radius 1 is 1.20 bits per heavy atom. The van der Waals surface area contributed by atoms with Crippen molar-refractivity contribution >= 4 is 5.97 Å². The molecule has 1 aromatic carbocycles. The minimum absolute atomic E-state index is 0.0909. The molecule has 0 radical (unpaired) electrons. The molecule has 2 saturated carbocycles. The lowest BCUT2D eigenvalue weighted by Gasteiger charge is -2.26. The number of aromatic nitrogens is 2. The van der Waals surface area contributed by atoms with Crippen LogP contribution in [0.1, 0.15) is 49.9 Å². The first-order valence-electron chi connectivity index (χ1n) is 9.49. The molecule has 0 aliphatic heterocycles. The highest BCUT2D eigenvalue weighted by molar-refractivity contribution is 5.77. The number of esters is 1. The molecule has 4 nitrogen and oxygen atoms in total. The van der Waals surface area contributed by atoms with E-state index in [1.54, 1.807) is 0 Å². The second-order valence-corrected chi connectivity index (χ2v) is 7.38. The first-order chi connectivity index (χ1) is 12.3. The van der Waals surface area contributed by atoms with Gasteiger partial charge in [-0.25, -0.2) is 4.98 Å². The smallest absolute Gasteiger partial charge is 0.316 e. The summed E-state index contributed by atoms with van der Waals surface area (Å²) >= 11 is 0. The standard InChI is InChI=1S/C21H26N2O2/c1-2-25-21(24)19(18(16-8-9-16)17-10-11-17)20-22-12-13-23(20)14-15-6-4-3-5-7-15/h3-7,12-13,16-19H,2,8-11,14H2,1H3. The van der Waals surface area contributed by atoms with E-state index in [1.165, 1.54) is 31.2 Å². The van der Waals surface area contributed by atoms with Gasteiger partial charge in [0.2, 0.25) is 0 Å². The minimum Gasteiger partial charge on any atom is -0.465 e. The Kier molecular flexibility index (Phi) is 4.60. The van der Waals surface area contributed by atoms with Crippen LogP contribution >= 0.6 is 0 Å². The Hall–Kier alpha value is -2.10. The van der Waals surface area contributed by atoms with Gasteiger partial charge in [-0.15, -0.1) is 0 Å². The summed E-state index contributed by atoms with van der Waals surface area (Å²) in [5.74, 6) is 2.31. The fraction of sp³-hybridized carbons (Fsp3) is 0.524. The number of carbonyl (C=O) groups excluding carboxylic acids is 1. The van der Waals surface area contributed by atoms with Crippen LogP contribution in [0.3, 0.4) is 0 Å². The van der Waals surface area contributed by atoms with E-state index in [4.69, 9.17) is 4.74 Å². The zero-order valence-electron chi connectivity index (χ0n) is 14.8. The van der Waals surface area contributed by atoms with Crippen molar-refractivity contribution in [3.05, 3.63) is 54.1 Å². The van der Waals surface area contributed by atoms with Gasteiger partial charge in [-0.2, -0.15) is 0 Å². The predicted octanol–water partition coefficient (Wildman–Crippen LogP) is 4.01. The summed E-state index contributed by atoms with van der Waals surface area (Å²) in [7, 11) is 0. The topological polar surface area (TPSA) is 44.1 Å². The van der Waals surface area contributed by atoms with Gasteiger partial charge in [0.25, 0.3) is 0 Å². The maximum atomic E-state index is 12.9. The monoisotopic (exact) mass is 338 g/mol. The third-order valence-corrected chi connectivity index (χ3v) is 5.48. The average molecular weight is 338 g/mol. The second-order valence-electron chi connectivity index (χ2n) is 7.38. The summed E-state index contributed by atoms with van der Waals surface area (Å²) in [6.07, 6.45) is 8.80. The summed E-state index contributed by atoms with van der Waals surface area (Å²) in [5.41, 5.74) is 1.22. The van der Waals surface area contributed by atoms with Crippen LogP contribution in [0.2, 0.25) is 0 Å². The second kappa shape index (κ2) is 7.03. The van der Waals surface area contributed by atoms with Crippen molar-refractivity contribution in [2.45, 2.75) is 45.1 Å². The quantitative estimate of drug-likeness (QED) is 0.683. The molecule has 0 spiro atoms. The molecule has 4 rings (SSSR count). The van der Waals surface area contributed by atoms with Crippen LogP contribution in [0.15, 0.2) is 42.7 Å². The van der Waals surface area contributed by atoms with Crippen LogP contribution in [0.25, 0.3) is 0 Å². The maximum Gasteiger partial charge on any atom is 0.316 e. The maximum absolute atomic E-state index is 12.9. The van der Waals surface area contributed by atoms with Crippen molar-refractivity contribution in [3.63, 3.8) is 0 Å². The lowest BCUT2D eigenvalue weighted by molar-refractivity contribution is -0.147. The fourth-order valence-corrected chi connectivity index (χ4v) is 4.07. The molecule has 1 aromatic heterocycles. The highest BCUT2D eigenvalue weighted by atomic mass is 16.5. The number of ether oxygens (including phenoxy) is 1. The first kappa shape index (κ1) is 16.4. The van der Waals surface area contributed by atoms with Gasteiger partial charge < -0.3 is 9.30 Å². The van der Waals surface area contributed by atoms with Crippen molar-refractivity contribution in [2.24, 2.45) is 17.8 Å². The molecule has 1 unspecified atom stereocenters. The number of hydrogen-bond donors (Lipinski definition) is 0. The summed E-state index contributed by atoms with van der Waals surface area (Å²) in [6.45, 7) is 3.06. The van der Waals surface area contributed by atoms with Gasteiger partial charge in [-0.1, -0.05) is 30.3 Å². The molecule has 2 fully saturated rings. The van der Waals surface area contributed by atoms with E-state index in [2.05, 4.69) is 21.7 Å². The zero-order valence-corrected chi connectivity index (χ0v) is 14.8. The van der Waals surface area contributed by atoms with Crippen LogP contribution in [-0.4, -0.2) is 22.1 Å². The molecule has 0 N–H and O–H groups in total. The average Bonchev–Trinajstić information content (AvgIpc) is 3.54. The van der Waals surface area contributed by atoms with E-state index >= 15 is 0 Å². The highest BCUT2D eigenvalue weighted by Gasteiger charge is 2.50. The Morgan fingerprint density at radius 2 is 1.88 bits per heavy atom. The van der Waals surface area contributed by atoms with Gasteiger partial charge in [0.15, 0.2) is 0 Å². The fourth-order valence-electron chi connectivity index (χ4n) is 4.07. The molecule has 2 aliphatic rings. The van der Waals surface area contributed by atoms with Gasteiger partial charge in [-0.05, 0) is 55.9 Å². The molecular weight excluding hydrogens is 312 g/mol. The van der Waals surface area contributed by atoms with Gasteiger partial charge in [-0.3, -0.25) is 4.79 Å². The molecule has 0 saturated heterocycles. The van der Waals surface area contributed by atoms with E-state index in [-0.39, 0.29) is 11.9 Å². The van der Waals surface area contributed by atoms with E-state index in [0.717, 1.165) is 12.4 Å². The largest absolute Gasteiger partial charge is 0.465 e. The lowest BCUT2D eigenvalue weighted by atomic mass is 9.83. The van der Waals surface area contributed by atoms with E-state index in [0.29, 0.717) is 24.4 Å². The molecule has 1 atom stereocenters. The number of hydrogen-bond acceptors (Lipinski definition) is 3. The van der Waals surface area contributed by atoms with Crippen molar-refractivity contribution in [1.29, 1.82) is 0 Å². The summed E-state index contributed by atoms with van der Waals surface area (Å²) < 4.78 is 7.61. The predicted molar refractivity (Wildman–Crippen MR) is 96.1 cm³/mol. The summed E-state index contributed by atoms with van der Waals surface area (Å²) in [5, 5.41) is 0. The van der Waals surface area contributed by atoms with E-state index in [9.17, 15) is 4.79 Å². The van der Waals surface area contributed by atoms with Gasteiger partial charge >= 0.3 is 5.97 Å². The van der Waals surface area contributed by atoms with Crippen LogP contribution < -0.4 is 0 Å². The van der Waals surface area contributed by atoms with Crippen molar-refractivity contribution in [1.82, 2.24) is 9.55 Å². The third kappa shape index (κ3) is 3.63. The number of rotatable bonds is 8. The molecule has 2 aliphatic carbocycles. The van der Waals surface area contributed by atoms with Gasteiger partial charge in [0.05, 0.1) is 6.61 Å². The Labute approximate surface area is 149 Å². The van der Waals surface area contributed by atoms with E-state index < -0.39 is 0 Å². The summed E-state index contributed by atoms with van der Waals surface area (Å²) in [6, 6.07) is 10.3. The van der Waals surface area contributed by atoms with Crippen LogP contribution in [0.4, 0.5) is 0 Å². The highest BCUT2D eigenvalue weighted by Crippen LogP contribution is 2.54. The van der Waals surface area contributed by atoms with Crippen molar-refractivity contribution < 1.29 is 9.53 Å². The third-order valence-electron chi connectivity index (χ3n) is 5.48. The molecule has 0 amide bonds. The summed E-state index contributed by atoms with van der Waals surface area (Å²) in [4.78, 5) is 17.5. The van der Waals surface area contributed by atoms with Crippen LogP contribution in [-0.2, 0) is 16.1 Å². The molecule has 25 heavy (non-hydrogen) atoms. The van der Waals surface area contributed by atoms with Gasteiger partial charge in [0.1, 0.15) is 11.7 Å².